The maximum absolute atomic E-state index is 9.54. The van der Waals surface area contributed by atoms with Gasteiger partial charge in [0.2, 0.25) is 0 Å². The molecule has 0 fully saturated rings. The minimum atomic E-state index is -0.503. The third-order valence-corrected chi connectivity index (χ3v) is 1.94. The van der Waals surface area contributed by atoms with Gasteiger partial charge in [-0.3, -0.25) is 0 Å². The monoisotopic (exact) mass is 179 g/mol. The molecule has 0 aromatic heterocycles. The molecule has 3 heteroatoms. The summed E-state index contributed by atoms with van der Waals surface area (Å²) in [7, 11) is 0. The van der Waals surface area contributed by atoms with Crippen LogP contribution < -0.4 is 11.5 Å². The van der Waals surface area contributed by atoms with Crippen LogP contribution in [0.5, 0.6) is 0 Å². The molecule has 0 heterocycles. The zero-order valence-electron chi connectivity index (χ0n) is 7.53. The van der Waals surface area contributed by atoms with Crippen molar-refractivity contribution >= 4 is 0 Å². The Kier molecular flexibility index (Phi) is 3.89. The topological polar surface area (TPSA) is 72.3 Å². The SMILES string of the molecule is NCCC(O)c1[c]cc(CN)cc1. The minimum absolute atomic E-state index is 0.480. The van der Waals surface area contributed by atoms with Gasteiger partial charge in [0.15, 0.2) is 0 Å². The number of aliphatic hydroxyl groups excluding tert-OH is 1. The number of hydrogen-bond acceptors (Lipinski definition) is 3. The van der Waals surface area contributed by atoms with Crippen LogP contribution in [0.3, 0.4) is 0 Å². The molecule has 71 valence electrons. The highest BCUT2D eigenvalue weighted by molar-refractivity contribution is 5.22. The molecular weight excluding hydrogens is 164 g/mol. The summed E-state index contributed by atoms with van der Waals surface area (Å²) in [6.45, 7) is 0.984. The zero-order chi connectivity index (χ0) is 9.68. The standard InChI is InChI=1S/C10H15N2O/c11-6-5-10(13)9-3-1-8(7-12)2-4-9/h1-3,10,13H,5-7,11-12H2. The van der Waals surface area contributed by atoms with Crippen molar-refractivity contribution in [1.29, 1.82) is 0 Å². The van der Waals surface area contributed by atoms with Gasteiger partial charge in [-0.1, -0.05) is 12.1 Å². The van der Waals surface area contributed by atoms with Crippen LogP contribution in [-0.2, 0) is 6.54 Å². The molecule has 1 atom stereocenters. The lowest BCUT2D eigenvalue weighted by molar-refractivity contribution is 0.170. The Balaban J connectivity index is 2.67. The van der Waals surface area contributed by atoms with Gasteiger partial charge in [-0.25, -0.2) is 0 Å². The highest BCUT2D eigenvalue weighted by Crippen LogP contribution is 2.15. The summed E-state index contributed by atoms with van der Waals surface area (Å²) in [6.07, 6.45) is 0.0650. The summed E-state index contributed by atoms with van der Waals surface area (Å²) in [5, 5.41) is 9.54. The Labute approximate surface area is 78.4 Å². The first-order valence-electron chi connectivity index (χ1n) is 4.36. The first-order valence-corrected chi connectivity index (χ1v) is 4.36. The van der Waals surface area contributed by atoms with Crippen LogP contribution in [-0.4, -0.2) is 11.7 Å². The summed E-state index contributed by atoms with van der Waals surface area (Å²) in [4.78, 5) is 0. The molecule has 0 amide bonds. The lowest BCUT2D eigenvalue weighted by Gasteiger charge is -2.09. The number of nitrogens with two attached hydrogens (primary N) is 2. The van der Waals surface area contributed by atoms with Crippen molar-refractivity contribution in [2.24, 2.45) is 11.5 Å². The van der Waals surface area contributed by atoms with Crippen LogP contribution in [0.4, 0.5) is 0 Å². The normalized spacial score (nSPS) is 12.8. The van der Waals surface area contributed by atoms with E-state index in [0.29, 0.717) is 19.5 Å². The molecule has 0 aliphatic rings. The van der Waals surface area contributed by atoms with Gasteiger partial charge in [-0.2, -0.15) is 0 Å². The molecule has 0 aliphatic heterocycles. The van der Waals surface area contributed by atoms with E-state index in [1.165, 1.54) is 0 Å². The van der Waals surface area contributed by atoms with Crippen molar-refractivity contribution in [1.82, 2.24) is 0 Å². The Morgan fingerprint density at radius 1 is 1.38 bits per heavy atom. The lowest BCUT2D eigenvalue weighted by atomic mass is 10.0. The second-order valence-corrected chi connectivity index (χ2v) is 2.95. The molecule has 0 bridgehead atoms. The van der Waals surface area contributed by atoms with E-state index in [1.54, 1.807) is 6.07 Å². The molecule has 1 aromatic carbocycles. The first-order chi connectivity index (χ1) is 6.27. The van der Waals surface area contributed by atoms with Gasteiger partial charge in [0.1, 0.15) is 0 Å². The molecular formula is C10H15N2O. The smallest absolute Gasteiger partial charge is 0.0808 e. The molecule has 0 saturated heterocycles. The second-order valence-electron chi connectivity index (χ2n) is 2.95. The average molecular weight is 179 g/mol. The second kappa shape index (κ2) is 4.97. The van der Waals surface area contributed by atoms with Gasteiger partial charge in [0.05, 0.1) is 6.10 Å². The van der Waals surface area contributed by atoms with E-state index in [2.05, 4.69) is 6.07 Å². The molecule has 0 spiro atoms. The van der Waals surface area contributed by atoms with Crippen LogP contribution in [0.25, 0.3) is 0 Å². The predicted molar refractivity (Wildman–Crippen MR) is 51.8 cm³/mol. The van der Waals surface area contributed by atoms with Gasteiger partial charge in [0, 0.05) is 6.54 Å². The van der Waals surface area contributed by atoms with E-state index < -0.39 is 6.10 Å². The fourth-order valence-corrected chi connectivity index (χ4v) is 1.12. The molecule has 0 saturated carbocycles. The van der Waals surface area contributed by atoms with Gasteiger partial charge in [-0.15, -0.1) is 0 Å². The number of benzene rings is 1. The summed E-state index contributed by atoms with van der Waals surface area (Å²) in [5.41, 5.74) is 12.6. The van der Waals surface area contributed by atoms with Crippen molar-refractivity contribution in [3.05, 3.63) is 35.4 Å². The fourth-order valence-electron chi connectivity index (χ4n) is 1.12. The Hall–Kier alpha value is -0.900. The molecule has 3 nitrogen and oxygen atoms in total. The first kappa shape index (κ1) is 10.2. The fraction of sp³-hybridized carbons (Fsp3) is 0.400. The minimum Gasteiger partial charge on any atom is -0.388 e. The van der Waals surface area contributed by atoms with Crippen LogP contribution in [0.15, 0.2) is 18.2 Å². The maximum Gasteiger partial charge on any atom is 0.0808 e. The van der Waals surface area contributed by atoms with E-state index in [-0.39, 0.29) is 0 Å². The van der Waals surface area contributed by atoms with Crippen LogP contribution in [0, 0.1) is 6.07 Å². The largest absolute Gasteiger partial charge is 0.388 e. The lowest BCUT2D eigenvalue weighted by Crippen LogP contribution is -2.07. The zero-order valence-corrected chi connectivity index (χ0v) is 7.53. The van der Waals surface area contributed by atoms with Crippen molar-refractivity contribution in [3.8, 4) is 0 Å². The third kappa shape index (κ3) is 2.81. The van der Waals surface area contributed by atoms with Crippen LogP contribution in [0.2, 0.25) is 0 Å². The molecule has 1 radical (unpaired) electrons. The highest BCUT2D eigenvalue weighted by Gasteiger charge is 2.05. The van der Waals surface area contributed by atoms with Crippen molar-refractivity contribution in [2.45, 2.75) is 19.1 Å². The molecule has 5 N–H and O–H groups in total. The van der Waals surface area contributed by atoms with Crippen molar-refractivity contribution in [2.75, 3.05) is 6.54 Å². The summed E-state index contributed by atoms with van der Waals surface area (Å²) in [6, 6.07) is 8.52. The molecule has 13 heavy (non-hydrogen) atoms. The summed E-state index contributed by atoms with van der Waals surface area (Å²) >= 11 is 0. The van der Waals surface area contributed by atoms with Crippen molar-refractivity contribution in [3.63, 3.8) is 0 Å². The van der Waals surface area contributed by atoms with Crippen molar-refractivity contribution < 1.29 is 5.11 Å². The maximum atomic E-state index is 9.54. The summed E-state index contributed by atoms with van der Waals surface area (Å²) < 4.78 is 0. The number of aliphatic hydroxyl groups is 1. The van der Waals surface area contributed by atoms with Gasteiger partial charge in [-0.05, 0) is 36.2 Å². The van der Waals surface area contributed by atoms with E-state index in [9.17, 15) is 5.11 Å². The van der Waals surface area contributed by atoms with Gasteiger partial charge < -0.3 is 16.6 Å². The van der Waals surface area contributed by atoms with E-state index in [0.717, 1.165) is 11.1 Å². The quantitative estimate of drug-likeness (QED) is 0.623. The Morgan fingerprint density at radius 2 is 2.15 bits per heavy atom. The predicted octanol–water partition coefficient (Wildman–Crippen LogP) is 0.328. The van der Waals surface area contributed by atoms with Crippen LogP contribution >= 0.6 is 0 Å². The highest BCUT2D eigenvalue weighted by atomic mass is 16.3. The molecule has 1 rings (SSSR count). The van der Waals surface area contributed by atoms with E-state index in [4.69, 9.17) is 11.5 Å². The van der Waals surface area contributed by atoms with E-state index >= 15 is 0 Å². The average Bonchev–Trinajstić information content (AvgIpc) is 2.18. The number of rotatable bonds is 4. The number of hydrogen-bond donors (Lipinski definition) is 3. The Bertz CT molecular complexity index is 246. The molecule has 1 aromatic rings. The Morgan fingerprint density at radius 3 is 2.62 bits per heavy atom. The molecule has 1 unspecified atom stereocenters. The van der Waals surface area contributed by atoms with Gasteiger partial charge >= 0.3 is 0 Å². The van der Waals surface area contributed by atoms with E-state index in [1.807, 2.05) is 12.1 Å². The summed E-state index contributed by atoms with van der Waals surface area (Å²) in [5.74, 6) is 0. The van der Waals surface area contributed by atoms with Gasteiger partial charge in [0.25, 0.3) is 0 Å². The van der Waals surface area contributed by atoms with Crippen LogP contribution in [0.1, 0.15) is 23.7 Å². The molecule has 0 aliphatic carbocycles. The third-order valence-electron chi connectivity index (χ3n) is 1.94.